The standard InChI is InChI=1S/C20H29ClFN3O6.C18H25ClFN3O6.C12H17ClFN3O3.C8H14O3.CH4O/c1-6-23-13-7-8-25(19(28)24-13)16-14(22)15(30-18(27)12(4)5)20(9-21,31-16)10-29-17(26)11(2)3;1-9(2)15(24)27-8-18(7-19)13(28-16(25)10(3)4)12(20)14(29-18)23-6-5-11(21)22-17(23)26;1-2-15-9-3-4-17(11(19)16-9)10-8(14)5-12(6-13,7-18)20-10;1-5(2)7(9)11-8(10)6(3)4;1-2/h7-8,11-12,14-16H,6,9-10H2,1-5H3,(H,23,24,28);5-6,9-10,12-14H,7-8H2,1-4H3,(H2,21,22,26);3-4,8,10,18H,2,5-7H2,1H3,(H,15,16,19);5-6H,1-4H3;2H,1H3/t14-,15+,16-,20-;12-,13+,14-,18-;8-,10-,12-;;/m111../s1/i1T;;1T,5D;;2T/tm;;5-,8+,10+,12+;;/m1.0... The lowest BCUT2D eigenvalue weighted by molar-refractivity contribution is -0.178. The summed E-state index contributed by atoms with van der Waals surface area (Å²) in [7, 11) is 1.29. The van der Waals surface area contributed by atoms with Crippen molar-refractivity contribution in [3.05, 3.63) is 68.2 Å². The lowest BCUT2D eigenvalue weighted by atomic mass is 9.98. The molecule has 3 aliphatic rings. The van der Waals surface area contributed by atoms with Gasteiger partial charge in [-0.15, -0.1) is 34.8 Å². The predicted octanol–water partition coefficient (Wildman–Crippen LogP) is 5.60. The first kappa shape index (κ1) is 75.5. The molecule has 93 heavy (non-hydrogen) atoms. The molecule has 0 spiro atoms. The van der Waals surface area contributed by atoms with Crippen molar-refractivity contribution >= 4 is 88.1 Å². The summed E-state index contributed by atoms with van der Waals surface area (Å²) < 4.78 is 118. The number of nitrogens with one attached hydrogen (secondary N) is 2. The molecule has 6 rings (SSSR count). The smallest absolute Gasteiger partial charge is 0.351 e. The number of aromatic nitrogens is 6. The Kier molecular flexibility index (Phi) is 31.0. The lowest BCUT2D eigenvalue weighted by Gasteiger charge is -2.32. The highest BCUT2D eigenvalue weighted by Gasteiger charge is 2.61. The van der Waals surface area contributed by atoms with Crippen molar-refractivity contribution in [3.63, 3.8) is 0 Å². The Balaban J connectivity index is 0.000000455. The Morgan fingerprint density at radius 3 is 1.29 bits per heavy atom. The van der Waals surface area contributed by atoms with E-state index in [1.165, 1.54) is 43.9 Å². The van der Waals surface area contributed by atoms with Crippen molar-refractivity contribution in [2.45, 2.75) is 169 Å². The zero-order chi connectivity index (χ0) is 74.0. The number of esters is 6. The number of carbonyl (C=O) groups excluding carboxylic acids is 6. The molecule has 6 N–H and O–H groups in total. The SMILES string of the molecule is CC(C)C(=O)OC(=O)C(C)C.CC(C)C(=O)OC[C@@]1(CCl)O[C@@H](n2ccc(N)nc2=O)[C@H](F)[C@@H]1OC(=O)C(C)C.[2H][C@H]1[C@@H](F)[C@H](n2ccc(NCC[3H])nc2=O)O[C@@]1(CO)CCl.[3H]CCNc1ccn([C@@H]2O[C@](CCl)(COC(=O)C(C)C)[C@@H](OC(=O)C(C)C)[C@H]2F)c(=O)n1.[3H]OC. The van der Waals surface area contributed by atoms with E-state index >= 15 is 8.78 Å². The number of nitrogens with zero attached hydrogens (tertiary/aromatic N) is 6. The van der Waals surface area contributed by atoms with E-state index in [9.17, 15) is 52.6 Å². The fourth-order valence-corrected chi connectivity index (χ4v) is 8.73. The summed E-state index contributed by atoms with van der Waals surface area (Å²) in [5.41, 5.74) is -1.89. The largest absolute Gasteiger partial charge is 0.462 e. The van der Waals surface area contributed by atoms with Crippen LogP contribution in [0.15, 0.2) is 51.2 Å². The highest BCUT2D eigenvalue weighted by molar-refractivity contribution is 6.19. The number of carbonyl (C=O) groups is 6. The van der Waals surface area contributed by atoms with Crippen LogP contribution in [0.3, 0.4) is 0 Å². The summed E-state index contributed by atoms with van der Waals surface area (Å²) >= 11 is 17.9. The van der Waals surface area contributed by atoms with Gasteiger partial charge >= 0.3 is 52.9 Å². The Labute approximate surface area is 557 Å². The van der Waals surface area contributed by atoms with Crippen LogP contribution in [0.25, 0.3) is 0 Å². The fraction of sp³-hybridized carbons (Fsp3) is 0.695. The summed E-state index contributed by atoms with van der Waals surface area (Å²) in [6, 6.07) is 4.18. The third-order valence-electron chi connectivity index (χ3n) is 13.3. The van der Waals surface area contributed by atoms with Crippen molar-refractivity contribution in [1.29, 1.82) is 1.43 Å². The van der Waals surface area contributed by atoms with E-state index in [0.717, 1.165) is 13.7 Å². The monoisotopic (exact) mass is 1400 g/mol. The van der Waals surface area contributed by atoms with Crippen LogP contribution in [0.5, 0.6) is 0 Å². The average Bonchev–Trinajstić information content (AvgIpc) is 1.62. The van der Waals surface area contributed by atoms with Crippen molar-refractivity contribution in [3.8, 4) is 0 Å². The quantitative estimate of drug-likeness (QED) is 0.0334. The number of hydrogen-bond donors (Lipinski definition) is 5. The highest BCUT2D eigenvalue weighted by atomic mass is 35.5. The molecule has 34 heteroatoms. The van der Waals surface area contributed by atoms with E-state index in [1.807, 2.05) is 0 Å². The number of anilines is 3. The topological polar surface area (TPSA) is 371 Å². The number of hydrogen-bond acceptors (Lipinski definition) is 25. The second-order valence-corrected chi connectivity index (χ2v) is 23.6. The van der Waals surface area contributed by atoms with Crippen molar-refractivity contribution in [2.24, 2.45) is 35.5 Å². The second kappa shape index (κ2) is 38.2. The van der Waals surface area contributed by atoms with Gasteiger partial charge in [0.25, 0.3) is 0 Å². The predicted molar refractivity (Wildman–Crippen MR) is 335 cm³/mol. The molecule has 28 nitrogen and oxygen atoms in total. The van der Waals surface area contributed by atoms with Gasteiger partial charge in [-0.3, -0.25) is 42.5 Å². The van der Waals surface area contributed by atoms with Gasteiger partial charge in [0.1, 0.15) is 42.4 Å². The van der Waals surface area contributed by atoms with Gasteiger partial charge in [-0.1, -0.05) is 83.1 Å². The van der Waals surface area contributed by atoms with E-state index in [0.29, 0.717) is 6.54 Å². The van der Waals surface area contributed by atoms with E-state index < -0.39 is 169 Å². The number of nitrogens with two attached hydrogens (primary N) is 1. The van der Waals surface area contributed by atoms with Gasteiger partial charge in [0, 0.05) is 49.3 Å². The van der Waals surface area contributed by atoms with Crippen molar-refractivity contribution in [1.82, 2.24) is 28.7 Å². The Morgan fingerprint density at radius 1 is 0.634 bits per heavy atom. The summed E-state index contributed by atoms with van der Waals surface area (Å²) in [6.45, 7) is 18.9. The van der Waals surface area contributed by atoms with Crippen molar-refractivity contribution < 1.29 is 94.2 Å². The van der Waals surface area contributed by atoms with E-state index in [1.54, 1.807) is 83.1 Å². The molecule has 0 unspecified atom stereocenters. The lowest BCUT2D eigenvalue weighted by Crippen LogP contribution is -2.51. The third-order valence-corrected chi connectivity index (χ3v) is 14.6. The van der Waals surface area contributed by atoms with Gasteiger partial charge < -0.3 is 64.5 Å². The highest BCUT2D eigenvalue weighted by Crippen LogP contribution is 2.44. The van der Waals surface area contributed by atoms with Crippen LogP contribution >= 0.6 is 34.8 Å². The molecule has 0 saturated carbocycles. The molecule has 12 atom stereocenters. The molecule has 0 aliphatic carbocycles. The van der Waals surface area contributed by atoms with Crippen LogP contribution in [0.2, 0.25) is 0 Å². The van der Waals surface area contributed by atoms with Crippen LogP contribution in [-0.4, -0.2) is 181 Å². The molecule has 3 fully saturated rings. The van der Waals surface area contributed by atoms with Crippen LogP contribution in [0, 0.1) is 35.5 Å². The second-order valence-electron chi connectivity index (χ2n) is 22.8. The number of nitrogen functional groups attached to an aromatic ring is 1. The number of halogens is 6. The number of ether oxygens (including phenoxy) is 8. The van der Waals surface area contributed by atoms with E-state index in [2.05, 4.69) is 35.4 Å². The van der Waals surface area contributed by atoms with Gasteiger partial charge in [-0.2, -0.15) is 15.0 Å². The molecule has 0 aromatic carbocycles. The summed E-state index contributed by atoms with van der Waals surface area (Å²) in [4.78, 5) is 118. The van der Waals surface area contributed by atoms with Gasteiger partial charge in [-0.25, -0.2) is 27.6 Å². The van der Waals surface area contributed by atoms with Crippen molar-refractivity contribution in [2.75, 3.05) is 74.0 Å². The Morgan fingerprint density at radius 2 is 0.989 bits per heavy atom. The number of aliphatic hydroxyl groups excluding tert-OH is 2. The molecular weight excluding hydrogens is 1300 g/mol. The zero-order valence-corrected chi connectivity index (χ0v) is 56.3. The molecule has 0 radical (unpaired) electrons. The maximum absolute atomic E-state index is 15.6. The van der Waals surface area contributed by atoms with Crippen LogP contribution < -0.4 is 33.4 Å². The summed E-state index contributed by atoms with van der Waals surface area (Å²) in [6.07, 6.45) is -10.8. The first-order valence-corrected chi connectivity index (χ1v) is 30.8. The van der Waals surface area contributed by atoms with Gasteiger partial charge in [0.2, 0.25) is 1.43 Å². The van der Waals surface area contributed by atoms with Crippen LogP contribution in [-0.2, 0) is 66.7 Å². The zero-order valence-electron chi connectivity index (χ0n) is 58.0. The minimum atomic E-state index is -1.99. The molecule has 3 saturated heterocycles. The molecule has 0 amide bonds. The molecule has 3 aliphatic heterocycles. The minimum Gasteiger partial charge on any atom is -0.462 e. The molecule has 3 aromatic heterocycles. The summed E-state index contributed by atoms with van der Waals surface area (Å²) in [5.74, 6) is -6.41. The number of aliphatic hydroxyl groups is 2. The molecular formula is C59H89Cl3F3N9O19. The minimum absolute atomic E-state index is 0.0445. The number of rotatable bonds is 23. The first-order chi connectivity index (χ1) is 45.4. The van der Waals surface area contributed by atoms with Crippen LogP contribution in [0.1, 0.15) is 126 Å². The summed E-state index contributed by atoms with van der Waals surface area (Å²) in [5, 5.41) is 18.4. The van der Waals surface area contributed by atoms with Gasteiger partial charge in [0.05, 0.1) is 59.8 Å². The average molecular weight is 1400 g/mol. The van der Waals surface area contributed by atoms with Crippen LogP contribution in [0.4, 0.5) is 30.6 Å². The third kappa shape index (κ3) is 22.6. The fourth-order valence-electron chi connectivity index (χ4n) is 7.91. The van der Waals surface area contributed by atoms with E-state index in [-0.39, 0.29) is 67.3 Å². The maximum atomic E-state index is 15.6. The molecule has 526 valence electrons. The molecule has 0 bridgehead atoms. The number of alkyl halides is 6. The van der Waals surface area contributed by atoms with E-state index in [4.69, 9.17) is 79.2 Å². The van der Waals surface area contributed by atoms with Gasteiger partial charge in [-0.05, 0) is 32.0 Å². The first-order valence-electron chi connectivity index (χ1n) is 31.6. The molecule has 3 aromatic rings. The maximum Gasteiger partial charge on any atom is 0.351 e. The Bertz CT molecular complexity index is 3200. The van der Waals surface area contributed by atoms with Gasteiger partial charge in [0.15, 0.2) is 54.4 Å². The normalized spacial score (nSPS) is 25.9. The Hall–Kier alpha value is -6.48. The molecule has 6 heterocycles.